The first-order chi connectivity index (χ1) is 13.8. The second kappa shape index (κ2) is 8.45. The lowest BCUT2D eigenvalue weighted by molar-refractivity contribution is 0.0785. The van der Waals surface area contributed by atoms with E-state index in [0.29, 0.717) is 5.69 Å². The molecule has 1 N–H and O–H groups in total. The first-order valence-corrected chi connectivity index (χ1v) is 10.4. The predicted molar refractivity (Wildman–Crippen MR) is 111 cm³/mol. The lowest BCUT2D eigenvalue weighted by atomic mass is 10.1. The zero-order valence-electron chi connectivity index (χ0n) is 16.1. The molecule has 0 aliphatic carbocycles. The Morgan fingerprint density at radius 1 is 1.00 bits per heavy atom. The number of carbonyl (C=O) groups excluding carboxylic acids is 1. The van der Waals surface area contributed by atoms with Crippen molar-refractivity contribution in [2.45, 2.75) is 18.4 Å². The van der Waals surface area contributed by atoms with Gasteiger partial charge in [-0.05, 0) is 54.4 Å². The monoisotopic (exact) mass is 412 g/mol. The van der Waals surface area contributed by atoms with Crippen molar-refractivity contribution in [2.24, 2.45) is 0 Å². The molecule has 1 amide bonds. The van der Waals surface area contributed by atoms with Crippen molar-refractivity contribution in [3.8, 4) is 0 Å². The molecule has 0 bridgehead atoms. The fourth-order valence-corrected chi connectivity index (χ4v) is 4.02. The van der Waals surface area contributed by atoms with E-state index in [-0.39, 0.29) is 28.7 Å². The molecule has 0 radical (unpaired) electrons. The van der Waals surface area contributed by atoms with Crippen LogP contribution in [0.15, 0.2) is 77.7 Å². The van der Waals surface area contributed by atoms with Crippen LogP contribution in [0.2, 0.25) is 0 Å². The molecule has 29 heavy (non-hydrogen) atoms. The molecule has 150 valence electrons. The fraction of sp³-hybridized carbons (Fsp3) is 0.136. The molecular formula is C22H21FN2O3S. The molecule has 3 aromatic carbocycles. The van der Waals surface area contributed by atoms with E-state index in [0.717, 1.165) is 11.1 Å². The van der Waals surface area contributed by atoms with Crippen LogP contribution in [0.3, 0.4) is 0 Å². The highest BCUT2D eigenvalue weighted by atomic mass is 32.2. The highest BCUT2D eigenvalue weighted by Gasteiger charge is 2.19. The van der Waals surface area contributed by atoms with E-state index in [1.165, 1.54) is 35.2 Å². The minimum Gasteiger partial charge on any atom is -0.337 e. The van der Waals surface area contributed by atoms with Crippen molar-refractivity contribution in [3.63, 3.8) is 0 Å². The van der Waals surface area contributed by atoms with E-state index in [1.54, 1.807) is 37.4 Å². The molecule has 0 aromatic heterocycles. The summed E-state index contributed by atoms with van der Waals surface area (Å²) in [5.41, 5.74) is 2.30. The molecule has 3 aromatic rings. The van der Waals surface area contributed by atoms with Gasteiger partial charge in [-0.25, -0.2) is 12.8 Å². The van der Waals surface area contributed by atoms with E-state index in [2.05, 4.69) is 4.72 Å². The molecule has 0 atom stereocenters. The highest BCUT2D eigenvalue weighted by Crippen LogP contribution is 2.20. The largest absolute Gasteiger partial charge is 0.337 e. The molecule has 0 aliphatic heterocycles. The number of nitrogens with zero attached hydrogens (tertiary/aromatic N) is 1. The second-order valence-corrected chi connectivity index (χ2v) is 8.42. The third-order valence-corrected chi connectivity index (χ3v) is 5.82. The number of aryl methyl sites for hydroxylation is 1. The van der Waals surface area contributed by atoms with Gasteiger partial charge in [-0.2, -0.15) is 0 Å². The van der Waals surface area contributed by atoms with E-state index < -0.39 is 10.0 Å². The number of nitrogens with one attached hydrogen (secondary N) is 1. The number of anilines is 1. The van der Waals surface area contributed by atoms with Crippen molar-refractivity contribution in [1.29, 1.82) is 0 Å². The lowest BCUT2D eigenvalue weighted by Crippen LogP contribution is -2.26. The molecule has 0 saturated heterocycles. The Hall–Kier alpha value is -3.19. The van der Waals surface area contributed by atoms with Gasteiger partial charge in [0, 0.05) is 19.2 Å². The van der Waals surface area contributed by atoms with Crippen LogP contribution in [0.1, 0.15) is 21.5 Å². The zero-order chi connectivity index (χ0) is 21.0. The number of amides is 1. The third kappa shape index (κ3) is 5.00. The summed E-state index contributed by atoms with van der Waals surface area (Å²) in [7, 11) is -2.23. The predicted octanol–water partition coefficient (Wildman–Crippen LogP) is 4.21. The molecule has 0 saturated carbocycles. The maximum atomic E-state index is 13.0. The van der Waals surface area contributed by atoms with Gasteiger partial charge in [0.25, 0.3) is 15.9 Å². The lowest BCUT2D eigenvalue weighted by Gasteiger charge is -2.18. The molecule has 0 unspecified atom stereocenters. The second-order valence-electron chi connectivity index (χ2n) is 6.74. The Labute approximate surface area is 169 Å². The number of rotatable bonds is 6. The maximum absolute atomic E-state index is 13.0. The van der Waals surface area contributed by atoms with Crippen LogP contribution in [0, 0.1) is 12.7 Å². The first kappa shape index (κ1) is 20.5. The Morgan fingerprint density at radius 3 is 2.38 bits per heavy atom. The summed E-state index contributed by atoms with van der Waals surface area (Å²) in [5, 5.41) is 0. The van der Waals surface area contributed by atoms with Crippen molar-refractivity contribution in [3.05, 3.63) is 95.3 Å². The molecule has 0 heterocycles. The number of para-hydroxylation sites is 1. The van der Waals surface area contributed by atoms with Gasteiger partial charge in [-0.3, -0.25) is 9.52 Å². The summed E-state index contributed by atoms with van der Waals surface area (Å²) >= 11 is 0. The number of halogens is 1. The van der Waals surface area contributed by atoms with Crippen molar-refractivity contribution in [1.82, 2.24) is 4.90 Å². The van der Waals surface area contributed by atoms with Gasteiger partial charge in [-0.15, -0.1) is 0 Å². The number of sulfonamides is 1. The minimum atomic E-state index is -3.84. The fourth-order valence-electron chi connectivity index (χ4n) is 2.84. The van der Waals surface area contributed by atoms with Crippen molar-refractivity contribution < 1.29 is 17.6 Å². The van der Waals surface area contributed by atoms with E-state index in [9.17, 15) is 17.6 Å². The number of hydrogen-bond acceptors (Lipinski definition) is 3. The van der Waals surface area contributed by atoms with Gasteiger partial charge in [0.1, 0.15) is 5.82 Å². The Balaban J connectivity index is 1.80. The standard InChI is InChI=1S/C22H21FN2O3S/c1-16-6-3-4-9-21(16)24-29(27,28)20-8-5-7-18(14-20)22(26)25(2)15-17-10-12-19(23)13-11-17/h3-14,24H,15H2,1-2H3. The minimum absolute atomic E-state index is 0.00165. The Bertz CT molecular complexity index is 1130. The van der Waals surface area contributed by atoms with E-state index in [1.807, 2.05) is 19.1 Å². The summed E-state index contributed by atoms with van der Waals surface area (Å²) < 4.78 is 41.1. The van der Waals surface area contributed by atoms with Crippen LogP contribution in [0.4, 0.5) is 10.1 Å². The topological polar surface area (TPSA) is 66.5 Å². The summed E-state index contributed by atoms with van der Waals surface area (Å²) in [6.07, 6.45) is 0. The average molecular weight is 412 g/mol. The SMILES string of the molecule is Cc1ccccc1NS(=O)(=O)c1cccc(C(=O)N(C)Cc2ccc(F)cc2)c1. The maximum Gasteiger partial charge on any atom is 0.261 e. The van der Waals surface area contributed by atoms with Crippen LogP contribution in [-0.2, 0) is 16.6 Å². The van der Waals surface area contributed by atoms with Gasteiger partial charge >= 0.3 is 0 Å². The molecule has 3 rings (SSSR count). The van der Waals surface area contributed by atoms with Crippen LogP contribution in [0.5, 0.6) is 0 Å². The average Bonchev–Trinajstić information content (AvgIpc) is 2.71. The van der Waals surface area contributed by atoms with E-state index >= 15 is 0 Å². The van der Waals surface area contributed by atoms with Crippen LogP contribution in [0.25, 0.3) is 0 Å². The van der Waals surface area contributed by atoms with E-state index in [4.69, 9.17) is 0 Å². The molecule has 0 fully saturated rings. The number of hydrogen-bond donors (Lipinski definition) is 1. The molecular weight excluding hydrogens is 391 g/mol. The third-order valence-electron chi connectivity index (χ3n) is 4.46. The first-order valence-electron chi connectivity index (χ1n) is 8.95. The summed E-state index contributed by atoms with van der Waals surface area (Å²) in [4.78, 5) is 14.2. The smallest absolute Gasteiger partial charge is 0.261 e. The van der Waals surface area contributed by atoms with Crippen molar-refractivity contribution >= 4 is 21.6 Å². The van der Waals surface area contributed by atoms with Crippen LogP contribution in [-0.4, -0.2) is 26.3 Å². The van der Waals surface area contributed by atoms with Crippen LogP contribution < -0.4 is 4.72 Å². The molecule has 0 aliphatic rings. The molecule has 7 heteroatoms. The van der Waals surface area contributed by atoms with Crippen molar-refractivity contribution in [2.75, 3.05) is 11.8 Å². The number of benzene rings is 3. The summed E-state index contributed by atoms with van der Waals surface area (Å²) in [6.45, 7) is 2.08. The summed E-state index contributed by atoms with van der Waals surface area (Å²) in [5.74, 6) is -0.677. The van der Waals surface area contributed by atoms with Gasteiger partial charge in [0.2, 0.25) is 0 Å². The zero-order valence-corrected chi connectivity index (χ0v) is 16.9. The normalized spacial score (nSPS) is 11.1. The molecule has 0 spiro atoms. The highest BCUT2D eigenvalue weighted by molar-refractivity contribution is 7.92. The van der Waals surface area contributed by atoms with Gasteiger partial charge in [-0.1, -0.05) is 36.4 Å². The Kier molecular flexibility index (Phi) is 5.98. The van der Waals surface area contributed by atoms with Crippen LogP contribution >= 0.6 is 0 Å². The summed E-state index contributed by atoms with van der Waals surface area (Å²) in [6, 6.07) is 18.8. The van der Waals surface area contributed by atoms with Gasteiger partial charge in [0.05, 0.1) is 10.6 Å². The Morgan fingerprint density at radius 2 is 1.69 bits per heavy atom. The quantitative estimate of drug-likeness (QED) is 0.660. The van der Waals surface area contributed by atoms with Gasteiger partial charge < -0.3 is 4.90 Å². The van der Waals surface area contributed by atoms with Gasteiger partial charge in [0.15, 0.2) is 0 Å². The molecule has 5 nitrogen and oxygen atoms in total. The number of carbonyl (C=O) groups is 1.